The molecule has 1 atom stereocenters. The number of hydrogen-bond donors (Lipinski definition) is 1. The van der Waals surface area contributed by atoms with Crippen LogP contribution in [0.1, 0.15) is 41.3 Å². The van der Waals surface area contributed by atoms with E-state index in [4.69, 9.17) is 0 Å². The largest absolute Gasteiger partial charge is 0.350 e. The number of benzene rings is 3. The second kappa shape index (κ2) is 7.27. The van der Waals surface area contributed by atoms with Crippen molar-refractivity contribution in [3.8, 4) is 0 Å². The Bertz CT molecular complexity index is 1170. The van der Waals surface area contributed by atoms with Gasteiger partial charge in [-0.25, -0.2) is 0 Å². The van der Waals surface area contributed by atoms with Crippen LogP contribution in [-0.4, -0.2) is 18.4 Å². The van der Waals surface area contributed by atoms with E-state index in [0.717, 1.165) is 29.7 Å². The quantitative estimate of drug-likeness (QED) is 0.652. The van der Waals surface area contributed by atoms with Crippen molar-refractivity contribution in [3.05, 3.63) is 89.5 Å². The topological polar surface area (TPSA) is 52.7 Å². The van der Waals surface area contributed by atoms with E-state index in [1.54, 1.807) is 11.0 Å². The number of carbonyl (C=O) groups is 2. The maximum Gasteiger partial charge on any atom is 0.279 e. The average Bonchev–Trinajstić information content (AvgIpc) is 3.02. The third kappa shape index (κ3) is 2.76. The Morgan fingerprint density at radius 2 is 1.61 bits per heavy atom. The molecular formula is C26H25N3O2. The molecule has 2 aliphatic rings. The van der Waals surface area contributed by atoms with Gasteiger partial charge in [-0.1, -0.05) is 61.4 Å². The van der Waals surface area contributed by atoms with Crippen LogP contribution in [0.4, 0.5) is 17.1 Å². The zero-order valence-corrected chi connectivity index (χ0v) is 17.8. The molecule has 3 aromatic rings. The highest BCUT2D eigenvalue weighted by molar-refractivity contribution is 6.22. The molecule has 1 spiro atoms. The van der Waals surface area contributed by atoms with Gasteiger partial charge in [-0.3, -0.25) is 14.5 Å². The summed E-state index contributed by atoms with van der Waals surface area (Å²) in [6.07, 6.45) is 1.88. The van der Waals surface area contributed by atoms with Crippen LogP contribution in [0.3, 0.4) is 0 Å². The lowest BCUT2D eigenvalue weighted by Gasteiger charge is -2.45. The highest BCUT2D eigenvalue weighted by Crippen LogP contribution is 2.49. The summed E-state index contributed by atoms with van der Waals surface area (Å²) in [5.41, 5.74) is 3.38. The number of amides is 2. The molecule has 0 saturated heterocycles. The molecule has 156 valence electrons. The molecule has 0 saturated carbocycles. The minimum atomic E-state index is -1.31. The summed E-state index contributed by atoms with van der Waals surface area (Å²) in [5.74, 6) is -0.302. The number of rotatable bonds is 4. The third-order valence-corrected chi connectivity index (χ3v) is 6.18. The fraction of sp³-hybridized carbons (Fsp3) is 0.231. The summed E-state index contributed by atoms with van der Waals surface area (Å²) in [6, 6.07) is 23.0. The van der Waals surface area contributed by atoms with Gasteiger partial charge in [0.1, 0.15) is 0 Å². The fourth-order valence-electron chi connectivity index (χ4n) is 4.62. The molecule has 2 aliphatic heterocycles. The monoisotopic (exact) mass is 411 g/mol. The Morgan fingerprint density at radius 3 is 2.39 bits per heavy atom. The molecule has 3 aromatic carbocycles. The van der Waals surface area contributed by atoms with Crippen LogP contribution in [0.25, 0.3) is 0 Å². The van der Waals surface area contributed by atoms with E-state index in [1.807, 2.05) is 78.6 Å². The summed E-state index contributed by atoms with van der Waals surface area (Å²) in [7, 11) is 0. The van der Waals surface area contributed by atoms with Gasteiger partial charge in [0, 0.05) is 23.5 Å². The van der Waals surface area contributed by atoms with E-state index in [0.29, 0.717) is 23.5 Å². The minimum absolute atomic E-state index is 0.120. The van der Waals surface area contributed by atoms with Gasteiger partial charge in [0.25, 0.3) is 11.8 Å². The van der Waals surface area contributed by atoms with Gasteiger partial charge < -0.3 is 10.2 Å². The summed E-state index contributed by atoms with van der Waals surface area (Å²) < 4.78 is 0. The van der Waals surface area contributed by atoms with Gasteiger partial charge in [0.15, 0.2) is 0 Å². The summed E-state index contributed by atoms with van der Waals surface area (Å²) in [5, 5.41) is 3.49. The second-order valence-electron chi connectivity index (χ2n) is 8.18. The predicted octanol–water partition coefficient (Wildman–Crippen LogP) is 5.07. The van der Waals surface area contributed by atoms with Gasteiger partial charge in [-0.2, -0.15) is 0 Å². The molecule has 0 unspecified atom stereocenters. The van der Waals surface area contributed by atoms with Crippen LogP contribution in [0, 0.1) is 6.92 Å². The van der Waals surface area contributed by atoms with Crippen LogP contribution in [0.5, 0.6) is 0 Å². The first-order chi connectivity index (χ1) is 15.1. The maximum absolute atomic E-state index is 14.1. The zero-order valence-electron chi connectivity index (χ0n) is 17.8. The van der Waals surface area contributed by atoms with Crippen molar-refractivity contribution >= 4 is 28.9 Å². The van der Waals surface area contributed by atoms with E-state index in [1.165, 1.54) is 0 Å². The summed E-state index contributed by atoms with van der Waals surface area (Å²) >= 11 is 0. The van der Waals surface area contributed by atoms with Crippen molar-refractivity contribution in [1.82, 2.24) is 0 Å². The molecule has 5 rings (SSSR count). The number of carbonyl (C=O) groups excluding carboxylic acids is 2. The van der Waals surface area contributed by atoms with Crippen LogP contribution < -0.4 is 15.1 Å². The predicted molar refractivity (Wildman–Crippen MR) is 123 cm³/mol. The van der Waals surface area contributed by atoms with Crippen molar-refractivity contribution in [3.63, 3.8) is 0 Å². The molecule has 1 N–H and O–H groups in total. The van der Waals surface area contributed by atoms with Crippen molar-refractivity contribution in [2.45, 2.75) is 32.4 Å². The lowest BCUT2D eigenvalue weighted by Crippen LogP contribution is -2.63. The molecule has 0 aromatic heterocycles. The lowest BCUT2D eigenvalue weighted by atomic mass is 9.92. The van der Waals surface area contributed by atoms with Crippen LogP contribution in [0.15, 0.2) is 72.8 Å². The van der Waals surface area contributed by atoms with Crippen molar-refractivity contribution in [2.75, 3.05) is 21.7 Å². The molecule has 31 heavy (non-hydrogen) atoms. The number of anilines is 3. The Kier molecular flexibility index (Phi) is 4.54. The van der Waals surface area contributed by atoms with Gasteiger partial charge in [-0.15, -0.1) is 0 Å². The number of aryl methyl sites for hydroxylation is 1. The first-order valence-electron chi connectivity index (χ1n) is 10.8. The van der Waals surface area contributed by atoms with Crippen LogP contribution >= 0.6 is 0 Å². The van der Waals surface area contributed by atoms with E-state index in [-0.39, 0.29) is 11.8 Å². The molecule has 0 aliphatic carbocycles. The first kappa shape index (κ1) is 19.4. The number of nitrogens with zero attached hydrogens (tertiary/aromatic N) is 2. The molecule has 0 radical (unpaired) electrons. The SMILES string of the molecule is CCCCN1C(=O)[C@]2(Nc3ccccc3C(=O)N2c2ccc(C)cc2)c2ccccc21. The van der Waals surface area contributed by atoms with E-state index in [2.05, 4.69) is 12.2 Å². The van der Waals surface area contributed by atoms with Crippen LogP contribution in [0.2, 0.25) is 0 Å². The summed E-state index contributed by atoms with van der Waals surface area (Å²) in [6.45, 7) is 4.74. The van der Waals surface area contributed by atoms with Gasteiger partial charge in [0.2, 0.25) is 5.66 Å². The Hall–Kier alpha value is -3.60. The fourth-order valence-corrected chi connectivity index (χ4v) is 4.62. The number of fused-ring (bicyclic) bond motifs is 3. The number of nitrogens with one attached hydrogen (secondary N) is 1. The number of para-hydroxylation sites is 2. The molecule has 2 heterocycles. The molecule has 5 heteroatoms. The Balaban J connectivity index is 1.77. The Labute approximate surface area is 182 Å². The lowest BCUT2D eigenvalue weighted by molar-refractivity contribution is -0.122. The summed E-state index contributed by atoms with van der Waals surface area (Å²) in [4.78, 5) is 31.4. The minimum Gasteiger partial charge on any atom is -0.350 e. The molecule has 5 nitrogen and oxygen atoms in total. The third-order valence-electron chi connectivity index (χ3n) is 6.18. The molecule has 2 amide bonds. The van der Waals surface area contributed by atoms with Gasteiger partial charge >= 0.3 is 0 Å². The second-order valence-corrected chi connectivity index (χ2v) is 8.18. The average molecular weight is 412 g/mol. The van der Waals surface area contributed by atoms with Crippen molar-refractivity contribution in [1.29, 1.82) is 0 Å². The van der Waals surface area contributed by atoms with Gasteiger partial charge in [0.05, 0.1) is 11.3 Å². The zero-order chi connectivity index (χ0) is 21.6. The molecule has 0 fully saturated rings. The molecular weight excluding hydrogens is 386 g/mol. The first-order valence-corrected chi connectivity index (χ1v) is 10.8. The number of hydrogen-bond acceptors (Lipinski definition) is 3. The van der Waals surface area contributed by atoms with Crippen molar-refractivity contribution < 1.29 is 9.59 Å². The van der Waals surface area contributed by atoms with Gasteiger partial charge in [-0.05, 0) is 43.7 Å². The normalized spacial score (nSPS) is 19.4. The standard InChI is InChI=1S/C26H25N3O2/c1-3-4-17-28-23-12-8-6-10-21(23)26(25(28)31)27-22-11-7-5-9-20(22)24(30)29(26)19-15-13-18(2)14-16-19/h5-16,27H,3-4,17H2,1-2H3/t26-/m0/s1. The van der Waals surface area contributed by atoms with E-state index < -0.39 is 5.66 Å². The van der Waals surface area contributed by atoms with Crippen molar-refractivity contribution in [2.24, 2.45) is 0 Å². The highest BCUT2D eigenvalue weighted by Gasteiger charge is 2.59. The van der Waals surface area contributed by atoms with Crippen LogP contribution in [-0.2, 0) is 10.5 Å². The highest BCUT2D eigenvalue weighted by atomic mass is 16.2. The Morgan fingerprint density at radius 1 is 0.903 bits per heavy atom. The van der Waals surface area contributed by atoms with E-state index >= 15 is 0 Å². The number of unbranched alkanes of at least 4 members (excludes halogenated alkanes) is 1. The maximum atomic E-state index is 14.1. The van der Waals surface area contributed by atoms with E-state index in [9.17, 15) is 9.59 Å². The smallest absolute Gasteiger partial charge is 0.279 e. The molecule has 0 bridgehead atoms.